The largest absolute Gasteiger partial charge is 0.432 e. The van der Waals surface area contributed by atoms with E-state index in [-0.39, 0.29) is 18.5 Å². The van der Waals surface area contributed by atoms with Crippen molar-refractivity contribution in [3.63, 3.8) is 0 Å². The third-order valence-corrected chi connectivity index (χ3v) is 2.84. The van der Waals surface area contributed by atoms with Crippen molar-refractivity contribution in [3.8, 4) is 11.8 Å². The van der Waals surface area contributed by atoms with E-state index in [0.717, 1.165) is 0 Å². The minimum absolute atomic E-state index is 0.000667. The second kappa shape index (κ2) is 6.93. The molecule has 1 heterocycles. The molecule has 0 fully saturated rings. The third kappa shape index (κ3) is 4.09. The summed E-state index contributed by atoms with van der Waals surface area (Å²) in [6.45, 7) is 1.76. The number of hydrogen-bond donors (Lipinski definition) is 2. The van der Waals surface area contributed by atoms with Gasteiger partial charge in [-0.2, -0.15) is 4.98 Å². The molecular weight excluding hydrogens is 292 g/mol. The van der Waals surface area contributed by atoms with Crippen molar-refractivity contribution in [2.75, 3.05) is 11.9 Å². The molecule has 21 heavy (non-hydrogen) atoms. The van der Waals surface area contributed by atoms with Gasteiger partial charge in [0.25, 0.3) is 5.91 Å². The van der Waals surface area contributed by atoms with Gasteiger partial charge in [0.1, 0.15) is 6.26 Å². The second-order valence-corrected chi connectivity index (χ2v) is 4.63. The second-order valence-electron chi connectivity index (χ2n) is 4.22. The monoisotopic (exact) mass is 304 g/mol. The molecule has 0 bridgehead atoms. The summed E-state index contributed by atoms with van der Waals surface area (Å²) in [6.07, 6.45) is 1.82. The fraction of sp³-hybridized carbons (Fsp3) is 0.200. The van der Waals surface area contributed by atoms with Gasteiger partial charge in [-0.25, -0.2) is 0 Å². The van der Waals surface area contributed by atoms with Gasteiger partial charge in [-0.1, -0.05) is 23.4 Å². The number of aryl methyl sites for hydroxylation is 1. The standard InChI is InChI=1S/C15H13ClN2O3/c1-10-9-21-15(17-10)18-14(20)12-6-5-11(13(16)8-12)4-2-3-7-19/h5-6,8-9,19H,3,7H2,1H3,(H,17,18,20). The number of carbonyl (C=O) groups excluding carboxylic acids is 1. The van der Waals surface area contributed by atoms with Crippen LogP contribution in [0.5, 0.6) is 0 Å². The van der Waals surface area contributed by atoms with Crippen molar-refractivity contribution in [3.05, 3.63) is 46.3 Å². The zero-order valence-corrected chi connectivity index (χ0v) is 12.1. The summed E-state index contributed by atoms with van der Waals surface area (Å²) in [6, 6.07) is 4.93. The van der Waals surface area contributed by atoms with Gasteiger partial charge >= 0.3 is 6.01 Å². The molecule has 1 amide bonds. The lowest BCUT2D eigenvalue weighted by Gasteiger charge is -2.03. The molecule has 0 aliphatic carbocycles. The summed E-state index contributed by atoms with van der Waals surface area (Å²) >= 11 is 6.08. The lowest BCUT2D eigenvalue weighted by Crippen LogP contribution is -2.12. The van der Waals surface area contributed by atoms with Crippen LogP contribution in [0.15, 0.2) is 28.9 Å². The van der Waals surface area contributed by atoms with Crippen LogP contribution in [0.3, 0.4) is 0 Å². The Morgan fingerprint density at radius 3 is 2.95 bits per heavy atom. The van der Waals surface area contributed by atoms with Crippen LogP contribution in [0.2, 0.25) is 5.02 Å². The molecule has 0 saturated heterocycles. The van der Waals surface area contributed by atoms with E-state index in [9.17, 15) is 4.79 Å². The first-order valence-electron chi connectivity index (χ1n) is 6.23. The van der Waals surface area contributed by atoms with E-state index in [2.05, 4.69) is 22.1 Å². The van der Waals surface area contributed by atoms with Crippen LogP contribution >= 0.6 is 11.6 Å². The highest BCUT2D eigenvalue weighted by Gasteiger charge is 2.11. The van der Waals surface area contributed by atoms with Gasteiger partial charge in [0, 0.05) is 17.5 Å². The van der Waals surface area contributed by atoms with Gasteiger partial charge in [0.2, 0.25) is 0 Å². The van der Waals surface area contributed by atoms with Gasteiger partial charge in [-0.15, -0.1) is 0 Å². The SMILES string of the molecule is Cc1coc(NC(=O)c2ccc(C#CCCO)c(Cl)c2)n1. The van der Waals surface area contributed by atoms with Crippen LogP contribution in [-0.4, -0.2) is 22.6 Å². The van der Waals surface area contributed by atoms with Gasteiger partial charge in [-0.3, -0.25) is 10.1 Å². The number of hydrogen-bond acceptors (Lipinski definition) is 4. The van der Waals surface area contributed by atoms with Crippen LogP contribution in [-0.2, 0) is 0 Å². The number of oxazole rings is 1. The molecule has 0 saturated carbocycles. The van der Waals surface area contributed by atoms with Gasteiger partial charge < -0.3 is 9.52 Å². The number of aliphatic hydroxyl groups is 1. The first kappa shape index (κ1) is 15.1. The van der Waals surface area contributed by atoms with E-state index in [4.69, 9.17) is 21.1 Å². The maximum Gasteiger partial charge on any atom is 0.301 e. The molecule has 0 spiro atoms. The average Bonchev–Trinajstić information content (AvgIpc) is 2.86. The van der Waals surface area contributed by atoms with Crippen molar-refractivity contribution in [2.45, 2.75) is 13.3 Å². The third-order valence-electron chi connectivity index (χ3n) is 2.53. The van der Waals surface area contributed by atoms with E-state index in [1.807, 2.05) is 0 Å². The van der Waals surface area contributed by atoms with Gasteiger partial charge in [0.15, 0.2) is 0 Å². The smallest absolute Gasteiger partial charge is 0.301 e. The van der Waals surface area contributed by atoms with Crippen LogP contribution in [0.4, 0.5) is 6.01 Å². The lowest BCUT2D eigenvalue weighted by molar-refractivity contribution is 0.102. The number of aliphatic hydroxyl groups excluding tert-OH is 1. The number of nitrogens with zero attached hydrogens (tertiary/aromatic N) is 1. The van der Waals surface area contributed by atoms with E-state index in [1.165, 1.54) is 12.3 Å². The fourth-order valence-corrected chi connectivity index (χ4v) is 1.78. The minimum atomic E-state index is -0.367. The van der Waals surface area contributed by atoms with Crippen LogP contribution in [0, 0.1) is 18.8 Å². The Kier molecular flexibility index (Phi) is 4.99. The number of benzene rings is 1. The van der Waals surface area contributed by atoms with Crippen molar-refractivity contribution in [1.82, 2.24) is 4.98 Å². The fourth-order valence-electron chi connectivity index (χ4n) is 1.55. The number of nitrogens with one attached hydrogen (secondary N) is 1. The van der Waals surface area contributed by atoms with E-state index in [0.29, 0.717) is 28.3 Å². The zero-order valence-electron chi connectivity index (χ0n) is 11.3. The van der Waals surface area contributed by atoms with Crippen LogP contribution < -0.4 is 5.32 Å². The van der Waals surface area contributed by atoms with Crippen molar-refractivity contribution in [2.24, 2.45) is 0 Å². The molecule has 0 unspecified atom stereocenters. The average molecular weight is 305 g/mol. The number of anilines is 1. The number of aromatic nitrogens is 1. The maximum atomic E-state index is 12.0. The van der Waals surface area contributed by atoms with Crippen molar-refractivity contribution >= 4 is 23.5 Å². The van der Waals surface area contributed by atoms with Crippen LogP contribution in [0.1, 0.15) is 28.0 Å². The molecule has 0 aliphatic rings. The molecule has 2 rings (SSSR count). The first-order valence-corrected chi connectivity index (χ1v) is 6.60. The first-order chi connectivity index (χ1) is 10.1. The normalized spacial score (nSPS) is 9.86. The van der Waals surface area contributed by atoms with E-state index >= 15 is 0 Å². The summed E-state index contributed by atoms with van der Waals surface area (Å²) in [5, 5.41) is 11.6. The molecule has 6 heteroatoms. The number of amides is 1. The molecular formula is C15H13ClN2O3. The highest BCUT2D eigenvalue weighted by atomic mass is 35.5. The molecule has 5 nitrogen and oxygen atoms in total. The summed E-state index contributed by atoms with van der Waals surface area (Å²) < 4.78 is 5.05. The summed E-state index contributed by atoms with van der Waals surface area (Å²) in [5.41, 5.74) is 1.66. The quantitative estimate of drug-likeness (QED) is 0.855. The molecule has 2 N–H and O–H groups in total. The summed E-state index contributed by atoms with van der Waals surface area (Å²) in [4.78, 5) is 16.0. The Balaban J connectivity index is 2.12. The molecule has 0 aliphatic heterocycles. The summed E-state index contributed by atoms with van der Waals surface area (Å²) in [7, 11) is 0. The molecule has 0 radical (unpaired) electrons. The summed E-state index contributed by atoms with van der Waals surface area (Å²) in [5.74, 6) is 5.23. The number of rotatable bonds is 3. The topological polar surface area (TPSA) is 75.4 Å². The molecule has 0 atom stereocenters. The van der Waals surface area contributed by atoms with E-state index in [1.54, 1.807) is 19.1 Å². The predicted octanol–water partition coefficient (Wildman–Crippen LogP) is 2.62. The minimum Gasteiger partial charge on any atom is -0.432 e. The lowest BCUT2D eigenvalue weighted by atomic mass is 10.1. The highest BCUT2D eigenvalue weighted by molar-refractivity contribution is 6.32. The van der Waals surface area contributed by atoms with Gasteiger partial charge in [0.05, 0.1) is 17.3 Å². The van der Waals surface area contributed by atoms with E-state index < -0.39 is 0 Å². The Labute approximate surface area is 127 Å². The Morgan fingerprint density at radius 1 is 1.52 bits per heavy atom. The maximum absolute atomic E-state index is 12.0. The van der Waals surface area contributed by atoms with Crippen LogP contribution in [0.25, 0.3) is 0 Å². The number of halogens is 1. The molecule has 1 aromatic heterocycles. The molecule has 108 valence electrons. The van der Waals surface area contributed by atoms with Gasteiger partial charge in [-0.05, 0) is 25.1 Å². The predicted molar refractivity (Wildman–Crippen MR) is 79.2 cm³/mol. The number of carbonyl (C=O) groups is 1. The van der Waals surface area contributed by atoms with Crippen molar-refractivity contribution < 1.29 is 14.3 Å². The zero-order chi connectivity index (χ0) is 15.2. The highest BCUT2D eigenvalue weighted by Crippen LogP contribution is 2.18. The Morgan fingerprint density at radius 2 is 2.33 bits per heavy atom. The Hall–Kier alpha value is -2.29. The Bertz CT molecular complexity index is 713. The van der Waals surface area contributed by atoms with Crippen molar-refractivity contribution in [1.29, 1.82) is 0 Å². The molecule has 2 aromatic rings. The molecule has 1 aromatic carbocycles.